The molecule has 0 bridgehead atoms. The number of carbonyl (C=O) groups is 1. The molecule has 5 heteroatoms. The number of benzene rings is 1. The molecule has 2 nitrogen and oxygen atoms in total. The van der Waals surface area contributed by atoms with Crippen LogP contribution in [0, 0.1) is 10.5 Å². The van der Waals surface area contributed by atoms with Crippen LogP contribution in [0.5, 0.6) is 0 Å². The second-order valence-corrected chi connectivity index (χ2v) is 7.15. The van der Waals surface area contributed by atoms with E-state index in [1.54, 1.807) is 0 Å². The van der Waals surface area contributed by atoms with Gasteiger partial charge in [-0.15, -0.1) is 11.3 Å². The van der Waals surface area contributed by atoms with Crippen LogP contribution >= 0.6 is 49.9 Å². The first kappa shape index (κ1) is 13.0. The Kier molecular flexibility index (Phi) is 4.22. The van der Waals surface area contributed by atoms with Gasteiger partial charge in [0.1, 0.15) is 0 Å². The Morgan fingerprint density at radius 3 is 2.71 bits per heavy atom. The van der Waals surface area contributed by atoms with Crippen molar-refractivity contribution in [1.82, 2.24) is 0 Å². The Bertz CT molecular complexity index is 567. The van der Waals surface area contributed by atoms with Gasteiger partial charge in [0.25, 0.3) is 5.91 Å². The van der Waals surface area contributed by atoms with Crippen molar-refractivity contribution in [2.75, 3.05) is 5.32 Å². The van der Waals surface area contributed by atoms with Crippen LogP contribution < -0.4 is 5.32 Å². The van der Waals surface area contributed by atoms with Crippen LogP contribution in [0.4, 0.5) is 5.69 Å². The standard InChI is InChI=1S/C12H9BrINOS/c1-7-2-3-8(6-9(7)14)15-12(16)10-4-5-11(13)17-10/h2-6H,1H3,(H,15,16). The average molecular weight is 422 g/mol. The van der Waals surface area contributed by atoms with E-state index < -0.39 is 0 Å². The van der Waals surface area contributed by atoms with Crippen LogP contribution in [0.1, 0.15) is 15.2 Å². The molecule has 0 fully saturated rings. The first-order valence-corrected chi connectivity index (χ1v) is 7.58. The molecule has 0 aliphatic heterocycles. The third-order valence-corrected chi connectivity index (χ3v) is 5.01. The summed E-state index contributed by atoms with van der Waals surface area (Å²) in [5.74, 6) is -0.0691. The van der Waals surface area contributed by atoms with Gasteiger partial charge in [0.15, 0.2) is 0 Å². The van der Waals surface area contributed by atoms with Crippen LogP contribution in [-0.2, 0) is 0 Å². The maximum Gasteiger partial charge on any atom is 0.265 e. The lowest BCUT2D eigenvalue weighted by Crippen LogP contribution is -2.10. The maximum absolute atomic E-state index is 11.9. The molecule has 88 valence electrons. The Hall–Kier alpha value is -0.400. The number of nitrogens with one attached hydrogen (secondary N) is 1. The predicted octanol–water partition coefficient (Wildman–Crippen LogP) is 4.68. The zero-order chi connectivity index (χ0) is 12.4. The van der Waals surface area contributed by atoms with Gasteiger partial charge in [-0.2, -0.15) is 0 Å². The average Bonchev–Trinajstić information content (AvgIpc) is 2.70. The van der Waals surface area contributed by atoms with Gasteiger partial charge in [0, 0.05) is 9.26 Å². The fourth-order valence-electron chi connectivity index (χ4n) is 1.30. The van der Waals surface area contributed by atoms with Gasteiger partial charge >= 0.3 is 0 Å². The molecule has 0 aliphatic rings. The number of rotatable bonds is 2. The number of anilines is 1. The summed E-state index contributed by atoms with van der Waals surface area (Å²) in [7, 11) is 0. The summed E-state index contributed by atoms with van der Waals surface area (Å²) < 4.78 is 2.11. The van der Waals surface area contributed by atoms with E-state index in [2.05, 4.69) is 43.8 Å². The number of thiophene rings is 1. The predicted molar refractivity (Wildman–Crippen MR) is 83.9 cm³/mol. The number of hydrogen-bond donors (Lipinski definition) is 1. The van der Waals surface area contributed by atoms with Gasteiger partial charge < -0.3 is 5.32 Å². The summed E-state index contributed by atoms with van der Waals surface area (Å²) in [5, 5.41) is 2.89. The van der Waals surface area contributed by atoms with E-state index in [1.165, 1.54) is 16.9 Å². The molecule has 0 spiro atoms. The highest BCUT2D eigenvalue weighted by Gasteiger charge is 2.09. The van der Waals surface area contributed by atoms with Crippen molar-refractivity contribution < 1.29 is 4.79 Å². The Morgan fingerprint density at radius 2 is 2.12 bits per heavy atom. The topological polar surface area (TPSA) is 29.1 Å². The molecule has 2 aromatic rings. The summed E-state index contributed by atoms with van der Waals surface area (Å²) in [4.78, 5) is 12.6. The fraction of sp³-hybridized carbons (Fsp3) is 0.0833. The van der Waals surface area contributed by atoms with Gasteiger partial charge in [-0.25, -0.2) is 0 Å². The maximum atomic E-state index is 11.9. The minimum absolute atomic E-state index is 0.0691. The monoisotopic (exact) mass is 421 g/mol. The van der Waals surface area contributed by atoms with Crippen molar-refractivity contribution >= 4 is 61.5 Å². The lowest BCUT2D eigenvalue weighted by Gasteiger charge is -2.05. The highest BCUT2D eigenvalue weighted by atomic mass is 127. The van der Waals surface area contributed by atoms with Crippen molar-refractivity contribution in [3.8, 4) is 0 Å². The molecule has 0 atom stereocenters. The molecule has 0 aliphatic carbocycles. The summed E-state index contributed by atoms with van der Waals surface area (Å²) >= 11 is 7.03. The van der Waals surface area contributed by atoms with Crippen molar-refractivity contribution in [3.63, 3.8) is 0 Å². The first-order valence-electron chi connectivity index (χ1n) is 4.89. The van der Waals surface area contributed by atoms with E-state index in [4.69, 9.17) is 0 Å². The van der Waals surface area contributed by atoms with E-state index >= 15 is 0 Å². The van der Waals surface area contributed by atoms with Gasteiger partial charge in [-0.3, -0.25) is 4.79 Å². The molecular weight excluding hydrogens is 413 g/mol. The van der Waals surface area contributed by atoms with E-state index in [-0.39, 0.29) is 5.91 Å². The number of aryl methyl sites for hydroxylation is 1. The van der Waals surface area contributed by atoms with E-state index in [0.29, 0.717) is 4.88 Å². The normalized spacial score (nSPS) is 10.3. The Morgan fingerprint density at radius 1 is 1.35 bits per heavy atom. The number of halogens is 2. The highest BCUT2D eigenvalue weighted by Crippen LogP contribution is 2.23. The lowest BCUT2D eigenvalue weighted by molar-refractivity contribution is 0.103. The van der Waals surface area contributed by atoms with Crippen LogP contribution in [-0.4, -0.2) is 5.91 Å². The summed E-state index contributed by atoms with van der Waals surface area (Å²) in [6.45, 7) is 2.05. The first-order chi connectivity index (χ1) is 8.06. The molecule has 17 heavy (non-hydrogen) atoms. The summed E-state index contributed by atoms with van der Waals surface area (Å²) in [6, 6.07) is 9.57. The molecule has 1 aromatic carbocycles. The van der Waals surface area contributed by atoms with Gasteiger partial charge in [-0.05, 0) is 75.3 Å². The minimum Gasteiger partial charge on any atom is -0.321 e. The van der Waals surface area contributed by atoms with Crippen molar-refractivity contribution in [3.05, 3.63) is 48.1 Å². The van der Waals surface area contributed by atoms with E-state index in [1.807, 2.05) is 37.3 Å². The van der Waals surface area contributed by atoms with Gasteiger partial charge in [0.2, 0.25) is 0 Å². The SMILES string of the molecule is Cc1ccc(NC(=O)c2ccc(Br)s2)cc1I. The van der Waals surface area contributed by atoms with Crippen LogP contribution in [0.25, 0.3) is 0 Å². The third kappa shape index (κ3) is 3.29. The van der Waals surface area contributed by atoms with Crippen LogP contribution in [0.2, 0.25) is 0 Å². The molecule has 0 saturated carbocycles. The molecule has 0 unspecified atom stereocenters. The van der Waals surface area contributed by atoms with Gasteiger partial charge in [-0.1, -0.05) is 6.07 Å². The van der Waals surface area contributed by atoms with Crippen molar-refractivity contribution in [2.45, 2.75) is 6.92 Å². The summed E-state index contributed by atoms with van der Waals surface area (Å²) in [5.41, 5.74) is 2.04. The number of hydrogen-bond acceptors (Lipinski definition) is 2. The minimum atomic E-state index is -0.0691. The highest BCUT2D eigenvalue weighted by molar-refractivity contribution is 14.1. The molecular formula is C12H9BrINOS. The van der Waals surface area contributed by atoms with Crippen molar-refractivity contribution in [2.24, 2.45) is 0 Å². The second-order valence-electron chi connectivity index (χ2n) is 3.52. The molecule has 1 N–H and O–H groups in total. The molecule has 1 aromatic heterocycles. The summed E-state index contributed by atoms with van der Waals surface area (Å²) in [6.07, 6.45) is 0. The second kappa shape index (κ2) is 5.49. The number of amides is 1. The third-order valence-electron chi connectivity index (χ3n) is 2.23. The zero-order valence-corrected chi connectivity index (χ0v) is 13.5. The molecule has 2 rings (SSSR count). The smallest absolute Gasteiger partial charge is 0.265 e. The van der Waals surface area contributed by atoms with Crippen LogP contribution in [0.15, 0.2) is 34.1 Å². The molecule has 0 saturated heterocycles. The number of carbonyl (C=O) groups excluding carboxylic acids is 1. The Balaban J connectivity index is 2.15. The van der Waals surface area contributed by atoms with E-state index in [0.717, 1.165) is 13.0 Å². The van der Waals surface area contributed by atoms with Crippen LogP contribution in [0.3, 0.4) is 0 Å². The fourth-order valence-corrected chi connectivity index (χ4v) is 3.10. The molecule has 1 heterocycles. The quantitative estimate of drug-likeness (QED) is 0.701. The van der Waals surface area contributed by atoms with Crippen molar-refractivity contribution in [1.29, 1.82) is 0 Å². The Labute approximate surface area is 126 Å². The van der Waals surface area contributed by atoms with E-state index in [9.17, 15) is 4.79 Å². The molecule has 1 amide bonds. The zero-order valence-electron chi connectivity index (χ0n) is 8.96. The molecule has 0 radical (unpaired) electrons. The largest absolute Gasteiger partial charge is 0.321 e. The lowest BCUT2D eigenvalue weighted by atomic mass is 10.2. The van der Waals surface area contributed by atoms with Gasteiger partial charge in [0.05, 0.1) is 8.66 Å².